The molecular weight excluding hydrogens is 474 g/mol. The van der Waals surface area contributed by atoms with Gasteiger partial charge in [-0.15, -0.1) is 0 Å². The Bertz CT molecular complexity index is 1640. The van der Waals surface area contributed by atoms with E-state index in [1.54, 1.807) is 15.6 Å². The number of para-hydroxylation sites is 2. The third-order valence-corrected chi connectivity index (χ3v) is 14.3. The number of nitrogens with zero attached hydrogens (tertiary/aromatic N) is 1. The first-order valence-electron chi connectivity index (χ1n) is 14.1. The summed E-state index contributed by atoms with van der Waals surface area (Å²) in [4.78, 5) is 0. The zero-order valence-corrected chi connectivity index (χ0v) is 22.8. The standard InChI is InChI=1S/C36H33NSi/c1-5-15-28(16-6-1)37-35-24-14-13-23-33(35)34-27-32(25-26-36(34)37)38(29-17-7-2-8-18-29,30-19-9-3-10-20-30)31-21-11-4-12-22-31/h1-3,5-10,13-20,23-27,31H,4,11-12,21-22H2. The molecule has 1 heterocycles. The molecule has 1 fully saturated rings. The average Bonchev–Trinajstić information content (AvgIpc) is 3.34. The molecule has 0 bridgehead atoms. The predicted octanol–water partition coefficient (Wildman–Crippen LogP) is 7.59. The number of hydrogen-bond donors (Lipinski definition) is 0. The fourth-order valence-electron chi connectivity index (χ4n) is 7.22. The van der Waals surface area contributed by atoms with Gasteiger partial charge in [0.15, 0.2) is 8.07 Å². The first-order chi connectivity index (χ1) is 18.9. The summed E-state index contributed by atoms with van der Waals surface area (Å²) in [5, 5.41) is 7.33. The number of fused-ring (bicyclic) bond motifs is 3. The van der Waals surface area contributed by atoms with Gasteiger partial charge in [-0.1, -0.05) is 141 Å². The van der Waals surface area contributed by atoms with Crippen molar-refractivity contribution in [3.05, 3.63) is 133 Å². The lowest BCUT2D eigenvalue weighted by Gasteiger charge is -2.42. The molecule has 7 rings (SSSR count). The van der Waals surface area contributed by atoms with E-state index in [0.29, 0.717) is 5.54 Å². The van der Waals surface area contributed by atoms with Crippen LogP contribution in [-0.4, -0.2) is 12.6 Å². The van der Waals surface area contributed by atoms with Crippen molar-refractivity contribution in [2.75, 3.05) is 0 Å². The lowest BCUT2D eigenvalue weighted by atomic mass is 10.0. The van der Waals surface area contributed by atoms with Crippen LogP contribution in [0.3, 0.4) is 0 Å². The van der Waals surface area contributed by atoms with E-state index in [-0.39, 0.29) is 0 Å². The Labute approximate surface area is 226 Å². The molecule has 0 aliphatic heterocycles. The molecule has 0 N–H and O–H groups in total. The summed E-state index contributed by atoms with van der Waals surface area (Å²) in [6, 6.07) is 50.2. The van der Waals surface area contributed by atoms with E-state index in [1.165, 1.54) is 59.6 Å². The van der Waals surface area contributed by atoms with Gasteiger partial charge in [-0.2, -0.15) is 0 Å². The van der Waals surface area contributed by atoms with E-state index in [2.05, 4.69) is 138 Å². The highest BCUT2D eigenvalue weighted by atomic mass is 28.3. The van der Waals surface area contributed by atoms with E-state index < -0.39 is 8.07 Å². The van der Waals surface area contributed by atoms with E-state index >= 15 is 0 Å². The van der Waals surface area contributed by atoms with E-state index in [0.717, 1.165) is 0 Å². The van der Waals surface area contributed by atoms with Gasteiger partial charge in [-0.05, 0) is 45.4 Å². The zero-order valence-electron chi connectivity index (χ0n) is 21.8. The van der Waals surface area contributed by atoms with Crippen molar-refractivity contribution in [3.8, 4) is 5.69 Å². The Morgan fingerprint density at radius 1 is 0.474 bits per heavy atom. The van der Waals surface area contributed by atoms with Gasteiger partial charge in [0.25, 0.3) is 0 Å². The SMILES string of the molecule is c1ccc(-n2c3ccccc3c3cc([Si](c4ccccc4)(c4ccccc4)C4CCCCC4)ccc32)cc1. The summed E-state index contributed by atoms with van der Waals surface area (Å²) >= 11 is 0. The molecule has 186 valence electrons. The van der Waals surface area contributed by atoms with Gasteiger partial charge in [-0.25, -0.2) is 0 Å². The van der Waals surface area contributed by atoms with Crippen LogP contribution in [0.25, 0.3) is 27.5 Å². The molecule has 0 atom stereocenters. The zero-order chi connectivity index (χ0) is 25.4. The van der Waals surface area contributed by atoms with Crippen LogP contribution >= 0.6 is 0 Å². The quantitative estimate of drug-likeness (QED) is 0.167. The Morgan fingerprint density at radius 2 is 1.03 bits per heavy atom. The number of aromatic nitrogens is 1. The number of rotatable bonds is 5. The van der Waals surface area contributed by atoms with Gasteiger partial charge in [0.2, 0.25) is 0 Å². The second-order valence-corrected chi connectivity index (χ2v) is 15.0. The highest BCUT2D eigenvalue weighted by molar-refractivity contribution is 7.12. The molecule has 1 nitrogen and oxygen atoms in total. The van der Waals surface area contributed by atoms with Gasteiger partial charge in [-0.3, -0.25) is 0 Å². The van der Waals surface area contributed by atoms with E-state index in [4.69, 9.17) is 0 Å². The first-order valence-corrected chi connectivity index (χ1v) is 16.2. The molecule has 1 saturated carbocycles. The van der Waals surface area contributed by atoms with Crippen molar-refractivity contribution in [1.82, 2.24) is 4.57 Å². The minimum Gasteiger partial charge on any atom is -0.309 e. The van der Waals surface area contributed by atoms with E-state index in [9.17, 15) is 0 Å². The molecule has 0 unspecified atom stereocenters. The van der Waals surface area contributed by atoms with Crippen molar-refractivity contribution >= 4 is 45.4 Å². The van der Waals surface area contributed by atoms with Crippen molar-refractivity contribution < 1.29 is 0 Å². The summed E-state index contributed by atoms with van der Waals surface area (Å²) in [6.07, 6.45) is 6.69. The van der Waals surface area contributed by atoms with Crippen LogP contribution in [0.4, 0.5) is 0 Å². The Morgan fingerprint density at radius 3 is 1.68 bits per heavy atom. The largest absolute Gasteiger partial charge is 0.309 e. The van der Waals surface area contributed by atoms with Gasteiger partial charge >= 0.3 is 0 Å². The van der Waals surface area contributed by atoms with Gasteiger partial charge in [0.05, 0.1) is 11.0 Å². The Balaban J connectivity index is 1.56. The maximum Gasteiger partial charge on any atom is 0.151 e. The molecule has 0 saturated heterocycles. The summed E-state index contributed by atoms with van der Waals surface area (Å²) in [5.41, 5.74) is 4.47. The first kappa shape index (κ1) is 23.2. The van der Waals surface area contributed by atoms with E-state index in [1.807, 2.05) is 0 Å². The monoisotopic (exact) mass is 507 g/mol. The highest BCUT2D eigenvalue weighted by Crippen LogP contribution is 2.38. The van der Waals surface area contributed by atoms with Crippen LogP contribution in [-0.2, 0) is 0 Å². The van der Waals surface area contributed by atoms with Crippen molar-refractivity contribution in [1.29, 1.82) is 0 Å². The number of benzene rings is 5. The van der Waals surface area contributed by atoms with Crippen LogP contribution in [0.2, 0.25) is 5.54 Å². The Hall–Kier alpha value is -3.88. The Kier molecular flexibility index (Phi) is 5.98. The highest BCUT2D eigenvalue weighted by Gasteiger charge is 2.46. The second kappa shape index (κ2) is 9.77. The minimum absolute atomic E-state index is 0.695. The van der Waals surface area contributed by atoms with Gasteiger partial charge in [0.1, 0.15) is 0 Å². The summed E-state index contributed by atoms with van der Waals surface area (Å²) < 4.78 is 2.43. The average molecular weight is 508 g/mol. The van der Waals surface area contributed by atoms with Crippen LogP contribution in [0.5, 0.6) is 0 Å². The molecular formula is C36H33NSi. The van der Waals surface area contributed by atoms with Gasteiger partial charge in [0, 0.05) is 16.5 Å². The summed E-state index contributed by atoms with van der Waals surface area (Å²) in [6.45, 7) is 0. The van der Waals surface area contributed by atoms with Crippen LogP contribution < -0.4 is 15.6 Å². The van der Waals surface area contributed by atoms with Crippen molar-refractivity contribution in [2.24, 2.45) is 0 Å². The predicted molar refractivity (Wildman–Crippen MR) is 165 cm³/mol. The molecule has 6 aromatic rings. The molecule has 0 spiro atoms. The molecule has 0 amide bonds. The molecule has 5 aromatic carbocycles. The molecule has 38 heavy (non-hydrogen) atoms. The molecule has 0 radical (unpaired) electrons. The van der Waals surface area contributed by atoms with Gasteiger partial charge < -0.3 is 4.57 Å². The fourth-order valence-corrected chi connectivity index (χ4v) is 13.1. The molecule has 2 heteroatoms. The molecule has 1 aromatic heterocycles. The minimum atomic E-state index is -2.31. The van der Waals surface area contributed by atoms with Crippen molar-refractivity contribution in [2.45, 2.75) is 37.6 Å². The lowest BCUT2D eigenvalue weighted by Crippen LogP contribution is -2.70. The maximum atomic E-state index is 2.58. The topological polar surface area (TPSA) is 4.93 Å². The van der Waals surface area contributed by atoms with Crippen molar-refractivity contribution in [3.63, 3.8) is 0 Å². The normalized spacial score (nSPS) is 14.7. The third-order valence-electron chi connectivity index (χ3n) is 8.82. The van der Waals surface area contributed by atoms with Crippen LogP contribution in [0, 0.1) is 0 Å². The molecule has 1 aliphatic rings. The van der Waals surface area contributed by atoms with Crippen LogP contribution in [0.1, 0.15) is 32.1 Å². The lowest BCUT2D eigenvalue weighted by molar-refractivity contribution is 0.497. The smallest absolute Gasteiger partial charge is 0.151 e. The fraction of sp³-hybridized carbons (Fsp3) is 0.167. The summed E-state index contributed by atoms with van der Waals surface area (Å²) in [7, 11) is -2.31. The maximum absolute atomic E-state index is 2.58. The summed E-state index contributed by atoms with van der Waals surface area (Å²) in [5.74, 6) is 0. The molecule has 1 aliphatic carbocycles. The number of hydrogen-bond acceptors (Lipinski definition) is 0. The third kappa shape index (κ3) is 3.66. The second-order valence-electron chi connectivity index (χ2n) is 10.8. The van der Waals surface area contributed by atoms with Crippen LogP contribution in [0.15, 0.2) is 133 Å².